The summed E-state index contributed by atoms with van der Waals surface area (Å²) in [6.45, 7) is 7.12. The average molecular weight is 358 g/mol. The first-order chi connectivity index (χ1) is 11.9. The zero-order chi connectivity index (χ0) is 18.4. The lowest BCUT2D eigenvalue weighted by Gasteiger charge is -2.12. The molecule has 0 fully saturated rings. The summed E-state index contributed by atoms with van der Waals surface area (Å²) < 4.78 is 0. The number of carbonyl (C=O) groups is 1. The Balaban J connectivity index is 2.10. The van der Waals surface area contributed by atoms with Gasteiger partial charge in [-0.2, -0.15) is 0 Å². The molecule has 0 radical (unpaired) electrons. The van der Waals surface area contributed by atoms with E-state index in [-0.39, 0.29) is 12.3 Å². The highest BCUT2D eigenvalue weighted by molar-refractivity contribution is 6.30. The van der Waals surface area contributed by atoms with Crippen molar-refractivity contribution in [1.29, 1.82) is 0 Å². The standard InChI is InChI=1S/C20H24ClN3O/c1-5-24(4)13-23-19-11-14(2)18(10-15(19)3)20(25)12-22-17-8-6-16(21)7-9-17/h6-11,13,22H,5,12H2,1-4H3/b23-13-. The van der Waals surface area contributed by atoms with Crippen molar-refractivity contribution in [3.05, 3.63) is 58.1 Å². The van der Waals surface area contributed by atoms with Gasteiger partial charge < -0.3 is 10.2 Å². The number of hydrogen-bond donors (Lipinski definition) is 1. The van der Waals surface area contributed by atoms with Crippen LogP contribution in [0, 0.1) is 13.8 Å². The van der Waals surface area contributed by atoms with Crippen LogP contribution >= 0.6 is 11.6 Å². The van der Waals surface area contributed by atoms with Crippen LogP contribution in [0.15, 0.2) is 41.4 Å². The molecule has 0 unspecified atom stereocenters. The minimum Gasteiger partial charge on any atom is -0.378 e. The Hall–Kier alpha value is -2.33. The van der Waals surface area contributed by atoms with Crippen molar-refractivity contribution in [2.24, 2.45) is 4.99 Å². The van der Waals surface area contributed by atoms with Crippen LogP contribution in [-0.4, -0.2) is 37.2 Å². The van der Waals surface area contributed by atoms with Crippen LogP contribution in [-0.2, 0) is 0 Å². The number of ketones is 1. The van der Waals surface area contributed by atoms with E-state index < -0.39 is 0 Å². The molecular formula is C20H24ClN3O. The fraction of sp³-hybridized carbons (Fsp3) is 0.300. The van der Waals surface area contributed by atoms with Gasteiger partial charge in [-0.05, 0) is 68.3 Å². The van der Waals surface area contributed by atoms with Crippen molar-refractivity contribution < 1.29 is 4.79 Å². The number of carbonyl (C=O) groups excluding carboxylic acids is 1. The molecule has 0 aliphatic heterocycles. The number of Topliss-reactive ketones (excluding diaryl/α,β-unsaturated/α-hetero) is 1. The SMILES string of the molecule is CCN(C)/C=N\c1cc(C)c(C(=O)CNc2ccc(Cl)cc2)cc1C. The van der Waals surface area contributed by atoms with E-state index in [1.54, 1.807) is 12.1 Å². The van der Waals surface area contributed by atoms with Crippen LogP contribution in [0.4, 0.5) is 11.4 Å². The lowest BCUT2D eigenvalue weighted by molar-refractivity contribution is 0.101. The third kappa shape index (κ3) is 5.33. The molecule has 1 N–H and O–H groups in total. The predicted octanol–water partition coefficient (Wildman–Crippen LogP) is 4.86. The van der Waals surface area contributed by atoms with Gasteiger partial charge in [0.05, 0.1) is 18.6 Å². The van der Waals surface area contributed by atoms with Gasteiger partial charge in [0.15, 0.2) is 5.78 Å². The topological polar surface area (TPSA) is 44.7 Å². The van der Waals surface area contributed by atoms with Crippen LogP contribution in [0.1, 0.15) is 28.4 Å². The summed E-state index contributed by atoms with van der Waals surface area (Å²) in [6, 6.07) is 11.2. The van der Waals surface area contributed by atoms with Crippen molar-refractivity contribution in [1.82, 2.24) is 4.90 Å². The molecule has 4 nitrogen and oxygen atoms in total. The molecule has 5 heteroatoms. The van der Waals surface area contributed by atoms with Gasteiger partial charge in [0.25, 0.3) is 0 Å². The molecule has 132 valence electrons. The molecule has 0 saturated heterocycles. The summed E-state index contributed by atoms with van der Waals surface area (Å²) in [5, 5.41) is 3.81. The second kappa shape index (κ2) is 8.67. The first kappa shape index (κ1) is 19.0. The highest BCUT2D eigenvalue weighted by Crippen LogP contribution is 2.24. The number of rotatable bonds is 7. The molecule has 2 rings (SSSR count). The Morgan fingerprint density at radius 3 is 2.52 bits per heavy atom. The first-order valence-electron chi connectivity index (χ1n) is 8.29. The molecule has 0 aromatic heterocycles. The first-order valence-corrected chi connectivity index (χ1v) is 8.66. The molecule has 0 atom stereocenters. The molecule has 0 aliphatic rings. The zero-order valence-electron chi connectivity index (χ0n) is 15.1. The van der Waals surface area contributed by atoms with Gasteiger partial charge in [-0.1, -0.05) is 11.6 Å². The maximum Gasteiger partial charge on any atom is 0.182 e. The van der Waals surface area contributed by atoms with E-state index in [1.165, 1.54) is 0 Å². The third-order valence-electron chi connectivity index (χ3n) is 4.03. The van der Waals surface area contributed by atoms with Crippen LogP contribution in [0.3, 0.4) is 0 Å². The van der Waals surface area contributed by atoms with Gasteiger partial charge in [0.2, 0.25) is 0 Å². The fourth-order valence-corrected chi connectivity index (χ4v) is 2.45. The summed E-state index contributed by atoms with van der Waals surface area (Å²) in [6.07, 6.45) is 1.81. The van der Waals surface area contributed by atoms with Gasteiger partial charge in [0.1, 0.15) is 0 Å². The van der Waals surface area contributed by atoms with Crippen LogP contribution in [0.25, 0.3) is 0 Å². The number of benzene rings is 2. The van der Waals surface area contributed by atoms with Crippen LogP contribution in [0.2, 0.25) is 5.02 Å². The Morgan fingerprint density at radius 1 is 1.20 bits per heavy atom. The van der Waals surface area contributed by atoms with Crippen molar-refractivity contribution in [3.63, 3.8) is 0 Å². The van der Waals surface area contributed by atoms with E-state index in [0.29, 0.717) is 5.02 Å². The van der Waals surface area contributed by atoms with Gasteiger partial charge in [-0.25, -0.2) is 4.99 Å². The van der Waals surface area contributed by atoms with Gasteiger partial charge in [0, 0.05) is 29.9 Å². The van der Waals surface area contributed by atoms with E-state index in [9.17, 15) is 4.79 Å². The highest BCUT2D eigenvalue weighted by Gasteiger charge is 2.11. The van der Waals surface area contributed by atoms with E-state index in [1.807, 2.05) is 56.4 Å². The molecule has 2 aromatic carbocycles. The van der Waals surface area contributed by atoms with Crippen molar-refractivity contribution in [3.8, 4) is 0 Å². The zero-order valence-corrected chi connectivity index (χ0v) is 15.9. The minimum atomic E-state index is 0.0526. The number of halogens is 1. The molecule has 25 heavy (non-hydrogen) atoms. The lowest BCUT2D eigenvalue weighted by atomic mass is 10.0. The maximum atomic E-state index is 12.5. The molecule has 0 aliphatic carbocycles. The van der Waals surface area contributed by atoms with E-state index in [0.717, 1.165) is 34.6 Å². The molecular weight excluding hydrogens is 334 g/mol. The lowest BCUT2D eigenvalue weighted by Crippen LogP contribution is -2.15. The van der Waals surface area contributed by atoms with Gasteiger partial charge >= 0.3 is 0 Å². The average Bonchev–Trinajstić information content (AvgIpc) is 2.61. The minimum absolute atomic E-state index is 0.0526. The monoisotopic (exact) mass is 357 g/mol. The Labute approximate surface area is 154 Å². The second-order valence-corrected chi connectivity index (χ2v) is 6.49. The summed E-state index contributed by atoms with van der Waals surface area (Å²) in [4.78, 5) is 19.1. The number of hydrogen-bond acceptors (Lipinski definition) is 3. The highest BCUT2D eigenvalue weighted by atomic mass is 35.5. The van der Waals surface area contributed by atoms with Gasteiger partial charge in [-0.3, -0.25) is 4.79 Å². The largest absolute Gasteiger partial charge is 0.378 e. The summed E-state index contributed by atoms with van der Waals surface area (Å²) in [5.41, 5.74) is 4.40. The summed E-state index contributed by atoms with van der Waals surface area (Å²) in [7, 11) is 1.98. The molecule has 0 saturated carbocycles. The number of nitrogens with one attached hydrogen (secondary N) is 1. The van der Waals surface area contributed by atoms with Crippen molar-refractivity contribution in [2.45, 2.75) is 20.8 Å². The summed E-state index contributed by atoms with van der Waals surface area (Å²) >= 11 is 5.87. The maximum absolute atomic E-state index is 12.5. The van der Waals surface area contributed by atoms with E-state index in [2.05, 4.69) is 17.2 Å². The van der Waals surface area contributed by atoms with Gasteiger partial charge in [-0.15, -0.1) is 0 Å². The predicted molar refractivity (Wildman–Crippen MR) is 107 cm³/mol. The smallest absolute Gasteiger partial charge is 0.182 e. The molecule has 0 bridgehead atoms. The molecule has 0 amide bonds. The molecule has 0 heterocycles. The normalized spacial score (nSPS) is 10.9. The van der Waals surface area contributed by atoms with Crippen LogP contribution < -0.4 is 5.32 Å². The van der Waals surface area contributed by atoms with Crippen LogP contribution in [0.5, 0.6) is 0 Å². The Bertz CT molecular complexity index is 769. The molecule has 0 spiro atoms. The third-order valence-corrected chi connectivity index (χ3v) is 4.29. The quantitative estimate of drug-likeness (QED) is 0.437. The van der Waals surface area contributed by atoms with E-state index >= 15 is 0 Å². The van der Waals surface area contributed by atoms with E-state index in [4.69, 9.17) is 11.6 Å². The number of aryl methyl sites for hydroxylation is 2. The fourth-order valence-electron chi connectivity index (χ4n) is 2.33. The second-order valence-electron chi connectivity index (χ2n) is 6.06. The number of anilines is 1. The number of aliphatic imine (C=N–C) groups is 1. The van der Waals surface area contributed by atoms with Crippen molar-refractivity contribution in [2.75, 3.05) is 25.5 Å². The Kier molecular flexibility index (Phi) is 6.59. The molecule has 2 aromatic rings. The summed E-state index contributed by atoms with van der Waals surface area (Å²) in [5.74, 6) is 0.0526. The Morgan fingerprint density at radius 2 is 1.88 bits per heavy atom. The number of nitrogens with zero attached hydrogens (tertiary/aromatic N) is 2. The van der Waals surface area contributed by atoms with Crippen molar-refractivity contribution >= 4 is 35.1 Å².